The van der Waals surface area contributed by atoms with Gasteiger partial charge in [-0.05, 0) is 51.2 Å². The van der Waals surface area contributed by atoms with Gasteiger partial charge in [-0.25, -0.2) is 14.1 Å². The highest BCUT2D eigenvalue weighted by molar-refractivity contribution is 7.99. The number of hydrogen-bond acceptors (Lipinski definition) is 7. The molecule has 0 saturated carbocycles. The molecule has 0 bridgehead atoms. The van der Waals surface area contributed by atoms with Crippen molar-refractivity contribution >= 4 is 39.1 Å². The number of aryl methyl sites for hydroxylation is 1. The fourth-order valence-electron chi connectivity index (χ4n) is 3.47. The summed E-state index contributed by atoms with van der Waals surface area (Å²) >= 11 is 3.11. The lowest BCUT2D eigenvalue weighted by Crippen LogP contribution is -2.17. The summed E-state index contributed by atoms with van der Waals surface area (Å²) < 4.78 is 8.84. The molecule has 0 radical (unpaired) electrons. The Morgan fingerprint density at radius 2 is 2.00 bits per heavy atom. The third-order valence-electron chi connectivity index (χ3n) is 5.03. The molecule has 0 N–H and O–H groups in total. The van der Waals surface area contributed by atoms with Gasteiger partial charge in [-0.1, -0.05) is 30.8 Å². The Hall–Kier alpha value is -2.36. The van der Waals surface area contributed by atoms with Crippen molar-refractivity contribution < 1.29 is 4.74 Å². The summed E-state index contributed by atoms with van der Waals surface area (Å²) in [4.78, 5) is 21.4. The topological polar surface area (TPSA) is 64.7 Å². The Kier molecular flexibility index (Phi) is 6.64. The Balaban J connectivity index is 1.85. The van der Waals surface area contributed by atoms with Crippen LogP contribution in [0.15, 0.2) is 39.6 Å². The van der Waals surface area contributed by atoms with Gasteiger partial charge in [0.1, 0.15) is 10.6 Å². The van der Waals surface area contributed by atoms with E-state index in [1.165, 1.54) is 11.3 Å². The summed E-state index contributed by atoms with van der Waals surface area (Å²) in [5.74, 6) is 2.32. The molecule has 0 aliphatic carbocycles. The van der Waals surface area contributed by atoms with Crippen LogP contribution in [0, 0.1) is 0 Å². The lowest BCUT2D eigenvalue weighted by atomic mass is 10.1. The first kappa shape index (κ1) is 21.9. The lowest BCUT2D eigenvalue weighted by Gasteiger charge is -2.08. The van der Waals surface area contributed by atoms with Crippen LogP contribution in [0.5, 0.6) is 5.75 Å². The Morgan fingerprint density at radius 1 is 1.23 bits per heavy atom. The maximum Gasteiger partial charge on any atom is 0.270 e. The number of nitrogens with zero attached hydrogens (tertiary/aromatic N) is 5. The Bertz CT molecular complexity index is 1240. The molecule has 164 valence electrons. The van der Waals surface area contributed by atoms with Crippen LogP contribution < -0.4 is 10.3 Å². The van der Waals surface area contributed by atoms with E-state index in [0.29, 0.717) is 16.3 Å². The molecule has 7 nitrogen and oxygen atoms in total. The van der Waals surface area contributed by atoms with E-state index in [1.807, 2.05) is 34.3 Å². The molecule has 1 aromatic carbocycles. The molecule has 31 heavy (non-hydrogen) atoms. The maximum atomic E-state index is 13.7. The molecule has 0 spiro atoms. The van der Waals surface area contributed by atoms with Crippen LogP contribution in [0.25, 0.3) is 27.1 Å². The summed E-state index contributed by atoms with van der Waals surface area (Å²) in [6, 6.07) is 7.78. The monoisotopic (exact) mass is 457 g/mol. The van der Waals surface area contributed by atoms with E-state index < -0.39 is 0 Å². The van der Waals surface area contributed by atoms with Crippen LogP contribution in [0.1, 0.15) is 19.8 Å². The number of rotatable bonds is 9. The minimum absolute atomic E-state index is 0.0514. The molecule has 0 saturated heterocycles. The normalized spacial score (nSPS) is 11.8. The zero-order valence-corrected chi connectivity index (χ0v) is 19.9. The summed E-state index contributed by atoms with van der Waals surface area (Å²) in [7, 11) is 5.76. The van der Waals surface area contributed by atoms with Gasteiger partial charge in [-0.2, -0.15) is 0 Å². The standard InChI is InChI=1S/C22H27N5O2S2/c1-5-13-30-22-24-26(12-6-11-25(2)3)21-23-19-18(20(28)27(21)22)17(14-31-19)15-7-9-16(29-4)10-8-15/h7-10,14H,5-6,11-13H2,1-4H3. The number of thioether (sulfide) groups is 1. The first-order chi connectivity index (χ1) is 15.0. The van der Waals surface area contributed by atoms with Gasteiger partial charge in [0.05, 0.1) is 12.5 Å². The average molecular weight is 458 g/mol. The van der Waals surface area contributed by atoms with Crippen LogP contribution in [-0.2, 0) is 6.54 Å². The van der Waals surface area contributed by atoms with Gasteiger partial charge in [0.25, 0.3) is 5.56 Å². The van der Waals surface area contributed by atoms with E-state index in [1.54, 1.807) is 23.3 Å². The number of fused-ring (bicyclic) bond motifs is 2. The number of hydrogen-bond donors (Lipinski definition) is 0. The zero-order chi connectivity index (χ0) is 22.0. The second-order valence-electron chi connectivity index (χ2n) is 7.62. The first-order valence-corrected chi connectivity index (χ1v) is 12.2. The van der Waals surface area contributed by atoms with Crippen LogP contribution in [0.4, 0.5) is 0 Å². The number of aromatic nitrogens is 4. The van der Waals surface area contributed by atoms with Crippen molar-refractivity contribution in [2.75, 3.05) is 33.5 Å². The number of methoxy groups -OCH3 is 1. The summed E-state index contributed by atoms with van der Waals surface area (Å²) in [5, 5.41) is 8.15. The lowest BCUT2D eigenvalue weighted by molar-refractivity contribution is 0.381. The molecule has 0 atom stereocenters. The third-order valence-corrected chi connectivity index (χ3v) is 7.04. The summed E-state index contributed by atoms with van der Waals surface area (Å²) in [6.07, 6.45) is 1.96. The minimum Gasteiger partial charge on any atom is -0.497 e. The molecule has 0 fully saturated rings. The summed E-state index contributed by atoms with van der Waals surface area (Å²) in [5.41, 5.74) is 1.83. The smallest absolute Gasteiger partial charge is 0.270 e. The molecule has 4 aromatic rings. The second kappa shape index (κ2) is 9.42. The van der Waals surface area contributed by atoms with Gasteiger partial charge in [0.2, 0.25) is 5.78 Å². The molecular formula is C22H27N5O2S2. The molecular weight excluding hydrogens is 430 g/mol. The second-order valence-corrected chi connectivity index (χ2v) is 9.54. The summed E-state index contributed by atoms with van der Waals surface area (Å²) in [6.45, 7) is 3.81. The average Bonchev–Trinajstić information content (AvgIpc) is 3.34. The van der Waals surface area contributed by atoms with Gasteiger partial charge in [0.15, 0.2) is 5.16 Å². The molecule has 4 rings (SSSR count). The van der Waals surface area contributed by atoms with Crippen molar-refractivity contribution in [2.24, 2.45) is 0 Å². The molecule has 0 aliphatic heterocycles. The van der Waals surface area contributed by atoms with E-state index in [4.69, 9.17) is 14.8 Å². The minimum atomic E-state index is -0.0514. The molecule has 0 amide bonds. The molecule has 9 heteroatoms. The molecule has 0 unspecified atom stereocenters. The number of thiophene rings is 1. The van der Waals surface area contributed by atoms with Gasteiger partial charge < -0.3 is 9.64 Å². The third kappa shape index (κ3) is 4.35. The molecule has 3 heterocycles. The van der Waals surface area contributed by atoms with E-state index in [2.05, 4.69) is 25.9 Å². The predicted octanol–water partition coefficient (Wildman–Crippen LogP) is 4.24. The van der Waals surface area contributed by atoms with E-state index in [0.717, 1.165) is 53.4 Å². The highest BCUT2D eigenvalue weighted by Gasteiger charge is 2.20. The van der Waals surface area contributed by atoms with Crippen LogP contribution >= 0.6 is 23.1 Å². The highest BCUT2D eigenvalue weighted by atomic mass is 32.2. The first-order valence-electron chi connectivity index (χ1n) is 10.4. The Labute approximate surface area is 189 Å². The van der Waals surface area contributed by atoms with E-state index in [-0.39, 0.29) is 5.56 Å². The quantitative estimate of drug-likeness (QED) is 0.351. The van der Waals surface area contributed by atoms with E-state index >= 15 is 0 Å². The predicted molar refractivity (Wildman–Crippen MR) is 129 cm³/mol. The van der Waals surface area contributed by atoms with Crippen molar-refractivity contribution in [3.05, 3.63) is 40.0 Å². The van der Waals surface area contributed by atoms with Crippen LogP contribution in [-0.4, -0.2) is 57.6 Å². The van der Waals surface area contributed by atoms with Gasteiger partial charge in [0, 0.05) is 23.2 Å². The van der Waals surface area contributed by atoms with E-state index in [9.17, 15) is 4.79 Å². The van der Waals surface area contributed by atoms with Crippen LogP contribution in [0.2, 0.25) is 0 Å². The largest absolute Gasteiger partial charge is 0.497 e. The SMILES string of the molecule is CCCSc1nn(CCCN(C)C)c2nc3scc(-c4ccc(OC)cc4)c3c(=O)n12. The molecule has 0 aliphatic rings. The van der Waals surface area contributed by atoms with Crippen molar-refractivity contribution in [1.82, 2.24) is 24.1 Å². The fourth-order valence-corrected chi connectivity index (χ4v) is 5.24. The van der Waals surface area contributed by atoms with Crippen LogP contribution in [0.3, 0.4) is 0 Å². The fraction of sp³-hybridized carbons (Fsp3) is 0.409. The van der Waals surface area contributed by atoms with Gasteiger partial charge in [-0.3, -0.25) is 4.79 Å². The Morgan fingerprint density at radius 3 is 2.68 bits per heavy atom. The van der Waals surface area contributed by atoms with Crippen molar-refractivity contribution in [2.45, 2.75) is 31.5 Å². The van der Waals surface area contributed by atoms with Gasteiger partial charge >= 0.3 is 0 Å². The zero-order valence-electron chi connectivity index (χ0n) is 18.3. The maximum absolute atomic E-state index is 13.7. The van der Waals surface area contributed by atoms with Crippen molar-refractivity contribution in [3.8, 4) is 16.9 Å². The van der Waals surface area contributed by atoms with Crippen molar-refractivity contribution in [3.63, 3.8) is 0 Å². The van der Waals surface area contributed by atoms with Gasteiger partial charge in [-0.15, -0.1) is 16.4 Å². The van der Waals surface area contributed by atoms with Crippen molar-refractivity contribution in [1.29, 1.82) is 0 Å². The molecule has 3 aromatic heterocycles. The highest BCUT2D eigenvalue weighted by Crippen LogP contribution is 2.32. The number of ether oxygens (including phenoxy) is 1. The number of benzene rings is 1.